The van der Waals surface area contributed by atoms with E-state index in [2.05, 4.69) is 10.2 Å². The van der Waals surface area contributed by atoms with Crippen molar-refractivity contribution in [1.82, 2.24) is 5.32 Å². The van der Waals surface area contributed by atoms with Crippen LogP contribution in [0.4, 0.5) is 0 Å². The summed E-state index contributed by atoms with van der Waals surface area (Å²) in [6, 6.07) is 0. The third-order valence-corrected chi connectivity index (χ3v) is 2.15. The molecule has 0 fully saturated rings. The number of amides is 1. The Labute approximate surface area is 79.8 Å². The Bertz CT molecular complexity index is 147. The molecule has 1 atom stereocenters. The Hall–Kier alpha value is -0.610. The number of nitrogens with one attached hydrogen (secondary N) is 1. The normalized spacial score (nSPS) is 13.0. The Morgan fingerprint density at radius 1 is 1.46 bits per heavy atom. The number of nitrogens with two attached hydrogens (primary N) is 1. The molecule has 4 heteroatoms. The molecule has 0 saturated heterocycles. The Kier molecular flexibility index (Phi) is 6.54. The quantitative estimate of drug-likeness (QED) is 0.606. The Morgan fingerprint density at radius 3 is 2.38 bits per heavy atom. The zero-order chi connectivity index (χ0) is 10.3. The summed E-state index contributed by atoms with van der Waals surface area (Å²) in [6.07, 6.45) is 1.62. The predicted octanol–water partition coefficient (Wildman–Crippen LogP) is 0.818. The minimum Gasteiger partial charge on any atom is -0.353 e. The number of carbonyl (C=O) groups is 1. The molecule has 0 spiro atoms. The first-order valence-corrected chi connectivity index (χ1v) is 4.78. The fourth-order valence-corrected chi connectivity index (χ4v) is 1.10. The van der Waals surface area contributed by atoms with Gasteiger partial charge in [-0.3, -0.25) is 9.63 Å². The van der Waals surface area contributed by atoms with Crippen molar-refractivity contribution in [1.29, 1.82) is 0 Å². The summed E-state index contributed by atoms with van der Waals surface area (Å²) >= 11 is 0. The third-order valence-electron chi connectivity index (χ3n) is 2.15. The highest BCUT2D eigenvalue weighted by molar-refractivity contribution is 5.78. The lowest BCUT2D eigenvalue weighted by atomic mass is 10.0. The van der Waals surface area contributed by atoms with Gasteiger partial charge in [-0.25, -0.2) is 5.90 Å². The van der Waals surface area contributed by atoms with Gasteiger partial charge < -0.3 is 5.32 Å². The van der Waals surface area contributed by atoms with Gasteiger partial charge in [-0.05, 0) is 19.8 Å². The molecule has 0 aliphatic heterocycles. The maximum absolute atomic E-state index is 11.4. The van der Waals surface area contributed by atoms with Crippen molar-refractivity contribution in [3.05, 3.63) is 0 Å². The van der Waals surface area contributed by atoms with Crippen molar-refractivity contribution >= 4 is 5.91 Å². The predicted molar refractivity (Wildman–Crippen MR) is 51.8 cm³/mol. The summed E-state index contributed by atoms with van der Waals surface area (Å²) in [5.41, 5.74) is 0. The lowest BCUT2D eigenvalue weighted by Gasteiger charge is -2.14. The van der Waals surface area contributed by atoms with Gasteiger partial charge in [0.05, 0.1) is 6.10 Å². The Balaban J connectivity index is 3.72. The number of carbonyl (C=O) groups excluding carboxylic acids is 1. The molecular formula is C9H20N2O2. The second-order valence-electron chi connectivity index (χ2n) is 3.21. The average Bonchev–Trinajstić information content (AvgIpc) is 2.16. The SMILES string of the molecule is CCC(CC)C(=O)NCC(C)ON. The van der Waals surface area contributed by atoms with Gasteiger partial charge in [0, 0.05) is 12.5 Å². The summed E-state index contributed by atoms with van der Waals surface area (Å²) in [4.78, 5) is 16.0. The van der Waals surface area contributed by atoms with E-state index < -0.39 is 0 Å². The number of hydrogen-bond donors (Lipinski definition) is 2. The first-order chi connectivity index (χ1) is 6.15. The molecule has 0 aromatic carbocycles. The molecule has 0 bridgehead atoms. The molecule has 0 aliphatic rings. The largest absolute Gasteiger partial charge is 0.353 e. The van der Waals surface area contributed by atoms with Crippen molar-refractivity contribution in [3.63, 3.8) is 0 Å². The van der Waals surface area contributed by atoms with Crippen molar-refractivity contribution in [2.24, 2.45) is 11.8 Å². The summed E-state index contributed by atoms with van der Waals surface area (Å²) in [7, 11) is 0. The van der Waals surface area contributed by atoms with E-state index in [1.54, 1.807) is 0 Å². The maximum Gasteiger partial charge on any atom is 0.223 e. The standard InChI is InChI=1S/C9H20N2O2/c1-4-8(5-2)9(12)11-6-7(3)13-10/h7-8H,4-6,10H2,1-3H3,(H,11,12). The van der Waals surface area contributed by atoms with Crippen LogP contribution < -0.4 is 11.2 Å². The smallest absolute Gasteiger partial charge is 0.223 e. The molecule has 0 aliphatic carbocycles. The molecule has 1 amide bonds. The fraction of sp³-hybridized carbons (Fsp3) is 0.889. The maximum atomic E-state index is 11.4. The third kappa shape index (κ3) is 4.85. The van der Waals surface area contributed by atoms with Crippen LogP contribution >= 0.6 is 0 Å². The highest BCUT2D eigenvalue weighted by Crippen LogP contribution is 2.06. The summed E-state index contributed by atoms with van der Waals surface area (Å²) in [5, 5.41) is 2.79. The topological polar surface area (TPSA) is 64.3 Å². The van der Waals surface area contributed by atoms with E-state index in [-0.39, 0.29) is 17.9 Å². The molecular weight excluding hydrogens is 168 g/mol. The molecule has 4 nitrogen and oxygen atoms in total. The molecule has 1 unspecified atom stereocenters. The van der Waals surface area contributed by atoms with Gasteiger partial charge in [0.15, 0.2) is 0 Å². The van der Waals surface area contributed by atoms with Crippen LogP contribution in [-0.2, 0) is 9.63 Å². The van der Waals surface area contributed by atoms with Crippen LogP contribution in [0, 0.1) is 5.92 Å². The molecule has 3 N–H and O–H groups in total. The summed E-state index contributed by atoms with van der Waals surface area (Å²) in [5.74, 6) is 5.16. The minimum atomic E-state index is -0.127. The average molecular weight is 188 g/mol. The first kappa shape index (κ1) is 12.4. The molecule has 0 saturated carbocycles. The van der Waals surface area contributed by atoms with Crippen molar-refractivity contribution in [2.45, 2.75) is 39.7 Å². The molecule has 0 heterocycles. The van der Waals surface area contributed by atoms with Gasteiger partial charge in [0.1, 0.15) is 0 Å². The van der Waals surface area contributed by atoms with E-state index in [9.17, 15) is 4.79 Å². The van der Waals surface area contributed by atoms with Crippen molar-refractivity contribution in [3.8, 4) is 0 Å². The first-order valence-electron chi connectivity index (χ1n) is 4.78. The zero-order valence-electron chi connectivity index (χ0n) is 8.67. The van der Waals surface area contributed by atoms with Crippen LogP contribution in [0.1, 0.15) is 33.6 Å². The van der Waals surface area contributed by atoms with E-state index in [1.165, 1.54) is 0 Å². The van der Waals surface area contributed by atoms with Gasteiger partial charge in [-0.2, -0.15) is 0 Å². The second kappa shape index (κ2) is 6.86. The van der Waals surface area contributed by atoms with Gasteiger partial charge in [-0.1, -0.05) is 13.8 Å². The van der Waals surface area contributed by atoms with E-state index in [0.29, 0.717) is 6.54 Å². The van der Waals surface area contributed by atoms with Crippen LogP contribution in [0.2, 0.25) is 0 Å². The number of rotatable bonds is 6. The van der Waals surface area contributed by atoms with Crippen LogP contribution in [0.15, 0.2) is 0 Å². The van der Waals surface area contributed by atoms with E-state index in [0.717, 1.165) is 12.8 Å². The highest BCUT2D eigenvalue weighted by atomic mass is 16.6. The van der Waals surface area contributed by atoms with Crippen LogP contribution in [-0.4, -0.2) is 18.6 Å². The summed E-state index contributed by atoms with van der Waals surface area (Å²) in [6.45, 7) is 6.31. The van der Waals surface area contributed by atoms with Crippen LogP contribution in [0.3, 0.4) is 0 Å². The second-order valence-corrected chi connectivity index (χ2v) is 3.21. The highest BCUT2D eigenvalue weighted by Gasteiger charge is 2.14. The molecule has 0 radical (unpaired) electrons. The lowest BCUT2D eigenvalue weighted by molar-refractivity contribution is -0.125. The van der Waals surface area contributed by atoms with Crippen molar-refractivity contribution < 1.29 is 9.63 Å². The molecule has 0 aromatic rings. The number of hydrogen-bond acceptors (Lipinski definition) is 3. The molecule has 0 aromatic heterocycles. The monoisotopic (exact) mass is 188 g/mol. The lowest BCUT2D eigenvalue weighted by Crippen LogP contribution is -2.36. The van der Waals surface area contributed by atoms with Gasteiger partial charge in [-0.15, -0.1) is 0 Å². The van der Waals surface area contributed by atoms with E-state index in [4.69, 9.17) is 5.90 Å². The Morgan fingerprint density at radius 2 is 2.00 bits per heavy atom. The van der Waals surface area contributed by atoms with E-state index >= 15 is 0 Å². The van der Waals surface area contributed by atoms with Gasteiger partial charge >= 0.3 is 0 Å². The fourth-order valence-electron chi connectivity index (χ4n) is 1.10. The summed E-state index contributed by atoms with van der Waals surface area (Å²) < 4.78 is 0. The van der Waals surface area contributed by atoms with Crippen LogP contribution in [0.5, 0.6) is 0 Å². The van der Waals surface area contributed by atoms with Gasteiger partial charge in [0.2, 0.25) is 5.91 Å². The van der Waals surface area contributed by atoms with E-state index in [1.807, 2.05) is 20.8 Å². The zero-order valence-corrected chi connectivity index (χ0v) is 8.67. The van der Waals surface area contributed by atoms with Crippen molar-refractivity contribution in [2.75, 3.05) is 6.54 Å². The molecule has 13 heavy (non-hydrogen) atoms. The molecule has 78 valence electrons. The van der Waals surface area contributed by atoms with Gasteiger partial charge in [0.25, 0.3) is 0 Å². The minimum absolute atomic E-state index is 0.0916. The molecule has 0 rings (SSSR count). The van der Waals surface area contributed by atoms with Crippen LogP contribution in [0.25, 0.3) is 0 Å².